The molecule has 0 bridgehead atoms. The van der Waals surface area contributed by atoms with E-state index in [2.05, 4.69) is 27.1 Å². The van der Waals surface area contributed by atoms with E-state index in [0.29, 0.717) is 0 Å². The van der Waals surface area contributed by atoms with E-state index in [1.165, 1.54) is 0 Å². The molecular formula is C8H9NPRf-. The Morgan fingerprint density at radius 2 is 2.00 bits per heavy atom. The Hall–Kier alpha value is -1.81. The largest absolute Gasteiger partial charge is 0.421 e. The van der Waals surface area contributed by atoms with Gasteiger partial charge in [-0.3, -0.25) is 0 Å². The van der Waals surface area contributed by atoms with Crippen molar-refractivity contribution in [2.24, 2.45) is 0 Å². The Kier molecular flexibility index (Phi) is 3.41. The predicted octanol–water partition coefficient (Wildman–Crippen LogP) is 2.23. The van der Waals surface area contributed by atoms with Gasteiger partial charge in [-0.05, 0) is 0 Å². The molecule has 3 heteroatoms. The first-order valence-corrected chi connectivity index (χ1v) is 3.55. The summed E-state index contributed by atoms with van der Waals surface area (Å²) in [6.45, 7) is 3.57. The maximum atomic E-state index is 3.57. The molecule has 54 valence electrons. The normalized spacial score (nSPS) is 8.09. The van der Waals surface area contributed by atoms with Crippen LogP contribution in [0.5, 0.6) is 0 Å². The summed E-state index contributed by atoms with van der Waals surface area (Å²) in [7, 11) is 2.44. The minimum absolute atomic E-state index is 0. The van der Waals surface area contributed by atoms with E-state index in [-0.39, 0.29) is 0 Å². The van der Waals surface area contributed by atoms with Crippen molar-refractivity contribution in [2.75, 3.05) is 5.09 Å². The third-order valence-corrected chi connectivity index (χ3v) is 1.58. The van der Waals surface area contributed by atoms with Crippen LogP contribution in [0.4, 0.5) is 5.69 Å². The van der Waals surface area contributed by atoms with Crippen molar-refractivity contribution in [3.8, 4) is 0 Å². The predicted molar refractivity (Wildman–Crippen MR) is 47.7 cm³/mol. The number of hydrogen-bond acceptors (Lipinski definition) is 1. The van der Waals surface area contributed by atoms with Gasteiger partial charge >= 0.3 is 0 Å². The number of anilines is 1. The quantitative estimate of drug-likeness (QED) is 0.575. The van der Waals surface area contributed by atoms with Crippen molar-refractivity contribution in [1.82, 2.24) is 0 Å². The molecule has 0 saturated carbocycles. The average molecular weight is 417 g/mol. The van der Waals surface area contributed by atoms with Crippen LogP contribution in [0.15, 0.2) is 30.8 Å². The van der Waals surface area contributed by atoms with Gasteiger partial charge in [0.05, 0.1) is 0 Å². The van der Waals surface area contributed by atoms with Gasteiger partial charge in [0.15, 0.2) is 0 Å². The molecule has 1 atom stereocenters. The molecule has 0 spiro atoms. The second-order valence-electron chi connectivity index (χ2n) is 1.87. The molecule has 1 aromatic rings. The number of para-hydroxylation sites is 1. The van der Waals surface area contributed by atoms with Crippen molar-refractivity contribution >= 4 is 15.1 Å². The van der Waals surface area contributed by atoms with E-state index in [1.807, 2.05) is 24.3 Å². The first kappa shape index (κ1) is 9.19. The second kappa shape index (κ2) is 4.08. The van der Waals surface area contributed by atoms with E-state index in [0.717, 1.165) is 11.3 Å². The molecule has 0 aliphatic carbocycles. The summed E-state index contributed by atoms with van der Waals surface area (Å²) in [6.07, 6.45) is 2.82. The van der Waals surface area contributed by atoms with Crippen LogP contribution in [-0.4, -0.2) is 0 Å². The minimum Gasteiger partial charge on any atom is -0.421 e. The van der Waals surface area contributed by atoms with Gasteiger partial charge in [0.1, 0.15) is 0 Å². The molecule has 0 aromatic heterocycles. The van der Waals surface area contributed by atoms with E-state index >= 15 is 0 Å². The standard InChI is InChI=1S/C8H9NP.Rf/c1-2-7-5-3-4-6-8(7)9-10;/h3-6,9H,1,10H2;/q-1;. The summed E-state index contributed by atoms with van der Waals surface area (Å²) in [5.41, 5.74) is 2.03. The van der Waals surface area contributed by atoms with E-state index in [9.17, 15) is 0 Å². The molecule has 1 rings (SSSR count). The second-order valence-corrected chi connectivity index (χ2v) is 2.16. The van der Waals surface area contributed by atoms with Crippen LogP contribution < -0.4 is 5.09 Å². The van der Waals surface area contributed by atoms with E-state index in [4.69, 9.17) is 0 Å². The molecule has 1 N–H and O–H groups in total. The van der Waals surface area contributed by atoms with Crippen LogP contribution >= 0.6 is 9.39 Å². The van der Waals surface area contributed by atoms with Crippen molar-refractivity contribution < 1.29 is 0 Å². The molecule has 0 saturated heterocycles. The number of benzene rings is 1. The van der Waals surface area contributed by atoms with Gasteiger partial charge in [0.2, 0.25) is 0 Å². The Morgan fingerprint density at radius 1 is 1.36 bits per heavy atom. The fraction of sp³-hybridized carbons (Fsp3) is 0. The van der Waals surface area contributed by atoms with Gasteiger partial charge in [-0.15, -0.1) is 6.07 Å². The molecule has 1 nitrogen and oxygen atoms in total. The summed E-state index contributed by atoms with van der Waals surface area (Å²) in [4.78, 5) is 0. The Labute approximate surface area is 63.4 Å². The summed E-state index contributed by atoms with van der Waals surface area (Å²) in [6, 6.07) is 7.85. The Bertz CT molecular complexity index is 237. The van der Waals surface area contributed by atoms with Crippen LogP contribution in [0.25, 0.3) is 0 Å². The molecular weight excluding hydrogens is 408 g/mol. The van der Waals surface area contributed by atoms with Gasteiger partial charge in [-0.2, -0.15) is 24.3 Å². The summed E-state index contributed by atoms with van der Waals surface area (Å²) in [5, 5.41) is 2.96. The average Bonchev–Trinajstić information content (AvgIpc) is 2.04. The molecule has 0 aliphatic rings. The number of hydrogen-bond donors (Lipinski definition) is 1. The van der Waals surface area contributed by atoms with Gasteiger partial charge < -0.3 is 5.09 Å². The van der Waals surface area contributed by atoms with Crippen molar-refractivity contribution in [3.05, 3.63) is 42.5 Å². The first-order valence-electron chi connectivity index (χ1n) is 2.97. The van der Waals surface area contributed by atoms with Crippen molar-refractivity contribution in [1.29, 1.82) is 0 Å². The third kappa shape index (κ3) is 1.80. The maximum absolute atomic E-state index is 3.57. The topological polar surface area (TPSA) is 12.0 Å². The monoisotopic (exact) mass is 417 g/mol. The van der Waals surface area contributed by atoms with E-state index in [1.54, 1.807) is 0 Å². The maximum Gasteiger partial charge on any atom is 0 e. The zero-order chi connectivity index (χ0) is 7.40. The van der Waals surface area contributed by atoms with Crippen LogP contribution in [0, 0.1) is 6.08 Å². The van der Waals surface area contributed by atoms with Gasteiger partial charge in [0.25, 0.3) is 0 Å². The molecule has 1 unspecified atom stereocenters. The molecule has 0 radical (unpaired) electrons. The zero-order valence-corrected chi connectivity index (χ0v) is 13.9. The summed E-state index contributed by atoms with van der Waals surface area (Å²) < 4.78 is 0. The van der Waals surface area contributed by atoms with Crippen molar-refractivity contribution in [2.45, 2.75) is 0 Å². The van der Waals surface area contributed by atoms with Crippen LogP contribution in [0.2, 0.25) is 0 Å². The number of nitrogens with one attached hydrogen (secondary N) is 1. The SMILES string of the molecule is C=[C-]c1ccccc1NP.[Rf]. The molecule has 0 heterocycles. The molecule has 0 fully saturated rings. The molecule has 0 aliphatic heterocycles. The fourth-order valence-corrected chi connectivity index (χ4v) is 1.01. The summed E-state index contributed by atoms with van der Waals surface area (Å²) in [5.74, 6) is 0. The van der Waals surface area contributed by atoms with Gasteiger partial charge in [-0.25, -0.2) is 0 Å². The Morgan fingerprint density at radius 3 is 2.45 bits per heavy atom. The van der Waals surface area contributed by atoms with Gasteiger partial charge in [-0.1, -0.05) is 27.2 Å². The van der Waals surface area contributed by atoms with E-state index < -0.39 is 0 Å². The fourth-order valence-electron chi connectivity index (χ4n) is 0.763. The van der Waals surface area contributed by atoms with Gasteiger partial charge in [0, 0.05) is 0 Å². The van der Waals surface area contributed by atoms with Crippen molar-refractivity contribution in [3.63, 3.8) is 0 Å². The Balaban J connectivity index is 0.000001000. The summed E-state index contributed by atoms with van der Waals surface area (Å²) >= 11 is 0. The van der Waals surface area contributed by atoms with Crippen LogP contribution in [0.3, 0.4) is 0 Å². The number of rotatable bonds is 2. The molecule has 11 heavy (non-hydrogen) atoms. The smallest absolute Gasteiger partial charge is 0 e. The molecule has 0 amide bonds. The molecule has 1 aromatic carbocycles. The third-order valence-electron chi connectivity index (χ3n) is 1.27. The minimum atomic E-state index is 0. The van der Waals surface area contributed by atoms with Crippen LogP contribution in [-0.2, 0) is 0 Å². The zero-order valence-electron chi connectivity index (χ0n) is 6.30. The first-order chi connectivity index (χ1) is 4.88. The van der Waals surface area contributed by atoms with Crippen LogP contribution in [0.1, 0.15) is 5.56 Å².